The number of hydrogen-bond acceptors (Lipinski definition) is 5. The number of nitrogens with zero attached hydrogens (tertiary/aromatic N) is 2. The van der Waals surface area contributed by atoms with Crippen molar-refractivity contribution >= 4 is 34.6 Å². The summed E-state index contributed by atoms with van der Waals surface area (Å²) in [5, 5.41) is 7.14. The molecule has 2 unspecified atom stereocenters. The second-order valence-corrected chi connectivity index (χ2v) is 7.45. The highest BCUT2D eigenvalue weighted by molar-refractivity contribution is 7.80. The van der Waals surface area contributed by atoms with Crippen molar-refractivity contribution < 1.29 is 4.79 Å². The number of aromatic nitrogens is 2. The largest absolute Gasteiger partial charge is 0.393 e. The Hall–Kier alpha value is -1.08. The maximum absolute atomic E-state index is 12.4. The van der Waals surface area contributed by atoms with Gasteiger partial charge in [0.05, 0.1) is 10.7 Å². The van der Waals surface area contributed by atoms with Gasteiger partial charge in [-0.1, -0.05) is 43.9 Å². The van der Waals surface area contributed by atoms with Gasteiger partial charge >= 0.3 is 0 Å². The Kier molecular flexibility index (Phi) is 4.39. The lowest BCUT2D eigenvalue weighted by Crippen LogP contribution is -2.42. The molecule has 110 valence electrons. The maximum Gasteiger partial charge on any atom is 0.265 e. The van der Waals surface area contributed by atoms with Crippen LogP contribution >= 0.6 is 23.8 Å². The second kappa shape index (κ2) is 5.73. The Bertz CT molecular complexity index is 521. The van der Waals surface area contributed by atoms with Crippen molar-refractivity contribution in [2.24, 2.45) is 11.7 Å². The van der Waals surface area contributed by atoms with E-state index >= 15 is 0 Å². The molecule has 1 aromatic rings. The summed E-state index contributed by atoms with van der Waals surface area (Å²) in [6.45, 7) is 6.07. The number of carbonyl (C=O) groups excluding carboxylic acids is 1. The van der Waals surface area contributed by atoms with E-state index in [1.165, 1.54) is 0 Å². The van der Waals surface area contributed by atoms with Crippen molar-refractivity contribution in [2.75, 3.05) is 0 Å². The molecule has 1 heterocycles. The van der Waals surface area contributed by atoms with Gasteiger partial charge in [-0.25, -0.2) is 0 Å². The molecule has 7 heteroatoms. The number of carbonyl (C=O) groups is 1. The van der Waals surface area contributed by atoms with Crippen LogP contribution in [0.4, 0.5) is 0 Å². The van der Waals surface area contributed by atoms with E-state index in [1.807, 2.05) is 20.8 Å². The average molecular weight is 312 g/mol. The molecule has 0 bridgehead atoms. The predicted octanol–water partition coefficient (Wildman–Crippen LogP) is 2.02. The van der Waals surface area contributed by atoms with Gasteiger partial charge in [0.2, 0.25) is 0 Å². The molecule has 0 aromatic carbocycles. The minimum atomic E-state index is -0.197. The third kappa shape index (κ3) is 3.15. The Morgan fingerprint density at radius 1 is 1.45 bits per heavy atom. The van der Waals surface area contributed by atoms with Gasteiger partial charge in [0.25, 0.3) is 5.91 Å². The number of hydrogen-bond donors (Lipinski definition) is 2. The van der Waals surface area contributed by atoms with E-state index in [1.54, 1.807) is 0 Å². The van der Waals surface area contributed by atoms with Gasteiger partial charge in [-0.05, 0) is 24.4 Å². The smallest absolute Gasteiger partial charge is 0.265 e. The number of amides is 1. The van der Waals surface area contributed by atoms with Crippen molar-refractivity contribution in [2.45, 2.75) is 51.5 Å². The summed E-state index contributed by atoms with van der Waals surface area (Å²) in [5.41, 5.74) is 6.28. The molecular weight excluding hydrogens is 292 g/mol. The fourth-order valence-electron chi connectivity index (χ4n) is 2.54. The predicted molar refractivity (Wildman–Crippen MR) is 84.0 cm³/mol. The SMILES string of the molecule is CC(C)(C)c1nnsc1C(=O)NC1CCCC1C(N)=S. The molecule has 1 saturated carbocycles. The first kappa shape index (κ1) is 15.3. The lowest BCUT2D eigenvalue weighted by atomic mass is 9.91. The first-order valence-corrected chi connectivity index (χ1v) is 7.92. The zero-order valence-corrected chi connectivity index (χ0v) is 13.6. The summed E-state index contributed by atoms with van der Waals surface area (Å²) in [5.74, 6) is -0.00834. The highest BCUT2D eigenvalue weighted by atomic mass is 32.1. The molecule has 3 N–H and O–H groups in total. The number of nitrogens with two attached hydrogens (primary N) is 1. The molecule has 5 nitrogen and oxygen atoms in total. The zero-order valence-electron chi connectivity index (χ0n) is 12.0. The van der Waals surface area contributed by atoms with Crippen molar-refractivity contribution in [3.63, 3.8) is 0 Å². The topological polar surface area (TPSA) is 80.9 Å². The first-order chi connectivity index (χ1) is 9.30. The third-order valence-electron chi connectivity index (χ3n) is 3.60. The molecule has 1 aliphatic rings. The molecule has 0 spiro atoms. The van der Waals surface area contributed by atoms with Crippen LogP contribution in [0.15, 0.2) is 0 Å². The highest BCUT2D eigenvalue weighted by Crippen LogP contribution is 2.28. The molecule has 0 saturated heterocycles. The number of thiocarbonyl (C=S) groups is 1. The van der Waals surface area contributed by atoms with Gasteiger partial charge in [-0.2, -0.15) is 0 Å². The minimum absolute atomic E-state index is 0.0370. The molecule has 20 heavy (non-hydrogen) atoms. The van der Waals surface area contributed by atoms with Crippen molar-refractivity contribution in [3.05, 3.63) is 10.6 Å². The van der Waals surface area contributed by atoms with Crippen LogP contribution in [0.5, 0.6) is 0 Å². The molecule has 0 aliphatic heterocycles. The molecular formula is C13H20N4OS2. The maximum atomic E-state index is 12.4. The summed E-state index contributed by atoms with van der Waals surface area (Å²) < 4.78 is 3.92. The second-order valence-electron chi connectivity index (χ2n) is 6.22. The minimum Gasteiger partial charge on any atom is -0.393 e. The molecule has 2 atom stereocenters. The van der Waals surface area contributed by atoms with Crippen molar-refractivity contribution in [3.8, 4) is 0 Å². The van der Waals surface area contributed by atoms with Gasteiger partial charge in [0.15, 0.2) is 0 Å². The summed E-state index contributed by atoms with van der Waals surface area (Å²) in [4.78, 5) is 13.5. The van der Waals surface area contributed by atoms with Crippen molar-refractivity contribution in [1.82, 2.24) is 14.9 Å². The van der Waals surface area contributed by atoms with Crippen LogP contribution in [0.25, 0.3) is 0 Å². The molecule has 1 fully saturated rings. The molecule has 2 rings (SSSR count). The van der Waals surface area contributed by atoms with Gasteiger partial charge in [0.1, 0.15) is 4.88 Å². The number of rotatable bonds is 3. The lowest BCUT2D eigenvalue weighted by Gasteiger charge is -2.21. The van der Waals surface area contributed by atoms with Gasteiger partial charge in [0, 0.05) is 17.4 Å². The third-order valence-corrected chi connectivity index (χ3v) is 4.63. The fourth-order valence-corrected chi connectivity index (χ4v) is 3.60. The van der Waals surface area contributed by atoms with Gasteiger partial charge in [-0.3, -0.25) is 4.79 Å². The first-order valence-electron chi connectivity index (χ1n) is 6.73. The average Bonchev–Trinajstić information content (AvgIpc) is 2.95. The van der Waals surface area contributed by atoms with E-state index in [0.717, 1.165) is 36.5 Å². The summed E-state index contributed by atoms with van der Waals surface area (Å²) in [6, 6.07) is 0.0370. The zero-order chi connectivity index (χ0) is 14.9. The van der Waals surface area contributed by atoms with E-state index in [0.29, 0.717) is 9.87 Å². The lowest BCUT2D eigenvalue weighted by molar-refractivity contribution is 0.0935. The molecule has 1 aromatic heterocycles. The molecule has 1 amide bonds. The van der Waals surface area contributed by atoms with Crippen LogP contribution in [-0.4, -0.2) is 26.5 Å². The summed E-state index contributed by atoms with van der Waals surface area (Å²) in [6.07, 6.45) is 2.91. The van der Waals surface area contributed by atoms with E-state index in [4.69, 9.17) is 18.0 Å². The monoisotopic (exact) mass is 312 g/mol. The number of nitrogens with one attached hydrogen (secondary N) is 1. The van der Waals surface area contributed by atoms with Crippen LogP contribution in [-0.2, 0) is 5.41 Å². The van der Waals surface area contributed by atoms with E-state index in [2.05, 4.69) is 14.9 Å². The van der Waals surface area contributed by atoms with Crippen LogP contribution in [0, 0.1) is 5.92 Å². The van der Waals surface area contributed by atoms with Crippen LogP contribution in [0.3, 0.4) is 0 Å². The fraction of sp³-hybridized carbons (Fsp3) is 0.692. The summed E-state index contributed by atoms with van der Waals surface area (Å²) >= 11 is 6.21. The summed E-state index contributed by atoms with van der Waals surface area (Å²) in [7, 11) is 0. The van der Waals surface area contributed by atoms with E-state index in [-0.39, 0.29) is 23.3 Å². The highest BCUT2D eigenvalue weighted by Gasteiger charge is 2.33. The quantitative estimate of drug-likeness (QED) is 0.835. The van der Waals surface area contributed by atoms with Gasteiger partial charge in [-0.15, -0.1) is 5.10 Å². The standard InChI is InChI=1S/C13H20N4OS2/c1-13(2,3)10-9(20-17-16-10)12(18)15-8-6-4-5-7(8)11(14)19/h7-8H,4-6H2,1-3H3,(H2,14,19)(H,15,18). The van der Waals surface area contributed by atoms with Crippen molar-refractivity contribution in [1.29, 1.82) is 0 Å². The molecule has 1 aliphatic carbocycles. The van der Waals surface area contributed by atoms with Gasteiger partial charge < -0.3 is 11.1 Å². The Morgan fingerprint density at radius 2 is 2.15 bits per heavy atom. The Balaban J connectivity index is 2.13. The van der Waals surface area contributed by atoms with E-state index in [9.17, 15) is 4.79 Å². The van der Waals surface area contributed by atoms with E-state index < -0.39 is 0 Å². The Labute approximate surface area is 128 Å². The Morgan fingerprint density at radius 3 is 2.75 bits per heavy atom. The van der Waals surface area contributed by atoms with Crippen LogP contribution < -0.4 is 11.1 Å². The van der Waals surface area contributed by atoms with Crippen LogP contribution in [0.2, 0.25) is 0 Å². The normalized spacial score (nSPS) is 22.8. The molecule has 0 radical (unpaired) electrons. The van der Waals surface area contributed by atoms with Crippen LogP contribution in [0.1, 0.15) is 55.4 Å².